The standard InChI is InChI=1S/C15H23NO2/c1-4-5-6-13(15(17)16-2)11-12-7-9-14(18-3)10-8-12/h7-10,13H,4-6,11H2,1-3H3,(H,16,17). The van der Waals surface area contributed by atoms with Gasteiger partial charge < -0.3 is 10.1 Å². The third-order valence-electron chi connectivity index (χ3n) is 3.16. The second kappa shape index (κ2) is 7.75. The van der Waals surface area contributed by atoms with Crippen molar-refractivity contribution in [2.45, 2.75) is 32.6 Å². The van der Waals surface area contributed by atoms with Crippen molar-refractivity contribution in [2.75, 3.05) is 14.2 Å². The maximum absolute atomic E-state index is 11.8. The maximum atomic E-state index is 11.8. The van der Waals surface area contributed by atoms with E-state index in [2.05, 4.69) is 12.2 Å². The maximum Gasteiger partial charge on any atom is 0.223 e. The lowest BCUT2D eigenvalue weighted by molar-refractivity contribution is -0.124. The molecule has 0 saturated heterocycles. The molecule has 1 aromatic carbocycles. The van der Waals surface area contributed by atoms with Crippen LogP contribution in [0.5, 0.6) is 5.75 Å². The summed E-state index contributed by atoms with van der Waals surface area (Å²) in [5, 5.41) is 2.75. The highest BCUT2D eigenvalue weighted by Gasteiger charge is 2.16. The van der Waals surface area contributed by atoms with Crippen LogP contribution in [-0.4, -0.2) is 20.1 Å². The molecule has 0 radical (unpaired) electrons. The van der Waals surface area contributed by atoms with E-state index >= 15 is 0 Å². The Morgan fingerprint density at radius 1 is 1.33 bits per heavy atom. The molecule has 3 nitrogen and oxygen atoms in total. The number of unbranched alkanes of at least 4 members (excludes halogenated alkanes) is 1. The van der Waals surface area contributed by atoms with Gasteiger partial charge in [-0.15, -0.1) is 0 Å². The number of nitrogens with one attached hydrogen (secondary N) is 1. The molecular formula is C15H23NO2. The van der Waals surface area contributed by atoms with Crippen molar-refractivity contribution < 1.29 is 9.53 Å². The van der Waals surface area contributed by atoms with E-state index in [4.69, 9.17) is 4.74 Å². The molecule has 18 heavy (non-hydrogen) atoms. The Kier molecular flexibility index (Phi) is 6.26. The smallest absolute Gasteiger partial charge is 0.223 e. The summed E-state index contributed by atoms with van der Waals surface area (Å²) in [6.07, 6.45) is 3.95. The van der Waals surface area contributed by atoms with Crippen molar-refractivity contribution in [3.63, 3.8) is 0 Å². The van der Waals surface area contributed by atoms with Gasteiger partial charge in [0.25, 0.3) is 0 Å². The molecule has 0 fully saturated rings. The van der Waals surface area contributed by atoms with Crippen LogP contribution in [0.1, 0.15) is 31.7 Å². The fourth-order valence-electron chi connectivity index (χ4n) is 2.03. The first kappa shape index (κ1) is 14.6. The molecule has 1 aromatic rings. The topological polar surface area (TPSA) is 38.3 Å². The number of amides is 1. The lowest BCUT2D eigenvalue weighted by Gasteiger charge is -2.15. The first-order chi connectivity index (χ1) is 8.71. The minimum absolute atomic E-state index is 0.0725. The second-order valence-electron chi connectivity index (χ2n) is 4.51. The minimum Gasteiger partial charge on any atom is -0.497 e. The molecule has 0 saturated carbocycles. The average Bonchev–Trinajstić information content (AvgIpc) is 2.43. The zero-order valence-corrected chi connectivity index (χ0v) is 11.5. The molecule has 1 amide bonds. The summed E-state index contributed by atoms with van der Waals surface area (Å²) in [7, 11) is 3.36. The van der Waals surface area contributed by atoms with E-state index < -0.39 is 0 Å². The molecule has 0 aliphatic rings. The van der Waals surface area contributed by atoms with E-state index in [1.165, 1.54) is 5.56 Å². The molecule has 3 heteroatoms. The fourth-order valence-corrected chi connectivity index (χ4v) is 2.03. The van der Waals surface area contributed by atoms with Crippen LogP contribution < -0.4 is 10.1 Å². The molecule has 1 atom stereocenters. The number of methoxy groups -OCH3 is 1. The molecular weight excluding hydrogens is 226 g/mol. The second-order valence-corrected chi connectivity index (χ2v) is 4.51. The van der Waals surface area contributed by atoms with Gasteiger partial charge in [0, 0.05) is 13.0 Å². The molecule has 0 bridgehead atoms. The largest absolute Gasteiger partial charge is 0.497 e. The number of carbonyl (C=O) groups is 1. The number of hydrogen-bond donors (Lipinski definition) is 1. The summed E-state index contributed by atoms with van der Waals surface area (Å²) >= 11 is 0. The number of hydrogen-bond acceptors (Lipinski definition) is 2. The molecule has 100 valence electrons. The van der Waals surface area contributed by atoms with Gasteiger partial charge in [-0.3, -0.25) is 4.79 Å². The summed E-state index contributed by atoms with van der Waals surface area (Å²) in [6, 6.07) is 7.94. The third kappa shape index (κ3) is 4.40. The van der Waals surface area contributed by atoms with Crippen LogP contribution in [0.25, 0.3) is 0 Å². The molecule has 1 rings (SSSR count). The van der Waals surface area contributed by atoms with Gasteiger partial charge in [0.05, 0.1) is 7.11 Å². The Balaban J connectivity index is 2.65. The fraction of sp³-hybridized carbons (Fsp3) is 0.533. The van der Waals surface area contributed by atoms with Crippen LogP contribution in [0.15, 0.2) is 24.3 Å². The van der Waals surface area contributed by atoms with E-state index in [1.54, 1.807) is 14.2 Å². The average molecular weight is 249 g/mol. The van der Waals surface area contributed by atoms with Crippen molar-refractivity contribution in [3.05, 3.63) is 29.8 Å². The van der Waals surface area contributed by atoms with Crippen LogP contribution in [0.4, 0.5) is 0 Å². The summed E-state index contributed by atoms with van der Waals surface area (Å²) in [6.45, 7) is 2.15. The normalized spacial score (nSPS) is 11.9. The number of ether oxygens (including phenoxy) is 1. The van der Waals surface area contributed by atoms with Crippen molar-refractivity contribution in [1.82, 2.24) is 5.32 Å². The van der Waals surface area contributed by atoms with Crippen LogP contribution in [-0.2, 0) is 11.2 Å². The predicted molar refractivity (Wildman–Crippen MR) is 73.8 cm³/mol. The molecule has 0 aromatic heterocycles. The van der Waals surface area contributed by atoms with Gasteiger partial charge in [-0.05, 0) is 30.5 Å². The number of rotatable bonds is 7. The van der Waals surface area contributed by atoms with E-state index in [9.17, 15) is 4.79 Å². The van der Waals surface area contributed by atoms with E-state index in [0.717, 1.165) is 31.4 Å². The first-order valence-electron chi connectivity index (χ1n) is 6.55. The summed E-state index contributed by atoms with van der Waals surface area (Å²) in [5.74, 6) is 1.06. The first-order valence-corrected chi connectivity index (χ1v) is 6.55. The van der Waals surface area contributed by atoms with Gasteiger partial charge in [0.1, 0.15) is 5.75 Å². The lowest BCUT2D eigenvalue weighted by Crippen LogP contribution is -2.28. The Labute approximate surface area is 110 Å². The molecule has 1 N–H and O–H groups in total. The minimum atomic E-state index is 0.0725. The van der Waals surface area contributed by atoms with Gasteiger partial charge in [-0.25, -0.2) is 0 Å². The Morgan fingerprint density at radius 2 is 2.00 bits per heavy atom. The van der Waals surface area contributed by atoms with E-state index in [-0.39, 0.29) is 11.8 Å². The molecule has 1 unspecified atom stereocenters. The molecule has 0 spiro atoms. The zero-order chi connectivity index (χ0) is 13.4. The van der Waals surface area contributed by atoms with E-state index in [0.29, 0.717) is 0 Å². The molecule has 0 heterocycles. The highest BCUT2D eigenvalue weighted by Crippen LogP contribution is 2.18. The lowest BCUT2D eigenvalue weighted by atomic mass is 9.93. The van der Waals surface area contributed by atoms with Crippen molar-refractivity contribution in [3.8, 4) is 5.75 Å². The van der Waals surface area contributed by atoms with Gasteiger partial charge in [0.15, 0.2) is 0 Å². The van der Waals surface area contributed by atoms with Crippen LogP contribution in [0.2, 0.25) is 0 Å². The van der Waals surface area contributed by atoms with Gasteiger partial charge in [-0.2, -0.15) is 0 Å². The van der Waals surface area contributed by atoms with Crippen molar-refractivity contribution in [1.29, 1.82) is 0 Å². The Morgan fingerprint density at radius 3 is 2.50 bits per heavy atom. The van der Waals surface area contributed by atoms with Gasteiger partial charge >= 0.3 is 0 Å². The zero-order valence-electron chi connectivity index (χ0n) is 11.5. The van der Waals surface area contributed by atoms with Crippen molar-refractivity contribution in [2.24, 2.45) is 5.92 Å². The highest BCUT2D eigenvalue weighted by atomic mass is 16.5. The summed E-state index contributed by atoms with van der Waals surface area (Å²) < 4.78 is 5.13. The Bertz CT molecular complexity index is 359. The summed E-state index contributed by atoms with van der Waals surface area (Å²) in [4.78, 5) is 11.8. The number of benzene rings is 1. The van der Waals surface area contributed by atoms with Crippen LogP contribution >= 0.6 is 0 Å². The summed E-state index contributed by atoms with van der Waals surface area (Å²) in [5.41, 5.74) is 1.18. The monoisotopic (exact) mass is 249 g/mol. The number of carbonyl (C=O) groups excluding carboxylic acids is 1. The Hall–Kier alpha value is -1.51. The van der Waals surface area contributed by atoms with Crippen LogP contribution in [0.3, 0.4) is 0 Å². The third-order valence-corrected chi connectivity index (χ3v) is 3.16. The highest BCUT2D eigenvalue weighted by molar-refractivity contribution is 5.78. The quantitative estimate of drug-likeness (QED) is 0.807. The molecule has 0 aliphatic carbocycles. The molecule has 0 aliphatic heterocycles. The van der Waals surface area contributed by atoms with Crippen LogP contribution in [0, 0.1) is 5.92 Å². The predicted octanol–water partition coefficient (Wildman–Crippen LogP) is 2.79. The SMILES string of the molecule is CCCCC(Cc1ccc(OC)cc1)C(=O)NC. The van der Waals surface area contributed by atoms with Crippen molar-refractivity contribution >= 4 is 5.91 Å². The van der Waals surface area contributed by atoms with E-state index in [1.807, 2.05) is 24.3 Å². The van der Waals surface area contributed by atoms with Gasteiger partial charge in [0.2, 0.25) is 5.91 Å². The van der Waals surface area contributed by atoms with Gasteiger partial charge in [-0.1, -0.05) is 31.9 Å².